The third-order valence-corrected chi connectivity index (χ3v) is 6.35. The van der Waals surface area contributed by atoms with Gasteiger partial charge in [-0.2, -0.15) is 0 Å². The number of hydrogen-bond acceptors (Lipinski definition) is 3. The standard InChI is InChI=1S/C18H13BrClNOS2/c1-23-16-10-15(11-2-6-13(20)7-3-11)17(24-16)18(22)21-14-8-4-12(19)5-9-14/h2-10H,1H3,(H,21,22). The van der Waals surface area contributed by atoms with Crippen LogP contribution in [0.25, 0.3) is 11.1 Å². The average Bonchev–Trinajstić information content (AvgIpc) is 3.02. The Morgan fingerprint density at radius 2 is 1.79 bits per heavy atom. The molecule has 1 heterocycles. The van der Waals surface area contributed by atoms with Gasteiger partial charge in [0.1, 0.15) is 4.88 Å². The first-order valence-corrected chi connectivity index (χ1v) is 10.3. The Hall–Kier alpha value is -1.27. The fourth-order valence-electron chi connectivity index (χ4n) is 2.20. The van der Waals surface area contributed by atoms with Crippen molar-refractivity contribution in [1.29, 1.82) is 0 Å². The van der Waals surface area contributed by atoms with Crippen LogP contribution in [0.2, 0.25) is 5.02 Å². The highest BCUT2D eigenvalue weighted by molar-refractivity contribution is 9.10. The number of thioether (sulfide) groups is 1. The van der Waals surface area contributed by atoms with Crippen molar-refractivity contribution in [2.24, 2.45) is 0 Å². The third kappa shape index (κ3) is 4.03. The summed E-state index contributed by atoms with van der Waals surface area (Å²) < 4.78 is 2.07. The molecule has 0 radical (unpaired) electrons. The second-order valence-electron chi connectivity index (χ2n) is 4.98. The molecule has 0 spiro atoms. The van der Waals surface area contributed by atoms with Gasteiger partial charge < -0.3 is 5.32 Å². The molecular formula is C18H13BrClNOS2. The lowest BCUT2D eigenvalue weighted by molar-refractivity contribution is 0.103. The van der Waals surface area contributed by atoms with Crippen molar-refractivity contribution in [3.63, 3.8) is 0 Å². The van der Waals surface area contributed by atoms with Gasteiger partial charge in [0.15, 0.2) is 0 Å². The van der Waals surface area contributed by atoms with Crippen LogP contribution in [0.15, 0.2) is 63.3 Å². The molecule has 0 atom stereocenters. The Morgan fingerprint density at radius 1 is 1.12 bits per heavy atom. The van der Waals surface area contributed by atoms with E-state index >= 15 is 0 Å². The Bertz CT molecular complexity index is 860. The largest absolute Gasteiger partial charge is 0.321 e. The van der Waals surface area contributed by atoms with Crippen molar-refractivity contribution in [3.05, 3.63) is 69.0 Å². The maximum atomic E-state index is 12.7. The minimum absolute atomic E-state index is 0.104. The molecule has 0 fully saturated rings. The summed E-state index contributed by atoms with van der Waals surface area (Å²) in [5.74, 6) is -0.104. The topological polar surface area (TPSA) is 29.1 Å². The van der Waals surface area contributed by atoms with Crippen LogP contribution in [0, 0.1) is 0 Å². The third-order valence-electron chi connectivity index (χ3n) is 3.37. The maximum Gasteiger partial charge on any atom is 0.266 e. The number of carbonyl (C=O) groups excluding carboxylic acids is 1. The zero-order chi connectivity index (χ0) is 17.1. The lowest BCUT2D eigenvalue weighted by Gasteiger charge is -2.06. The lowest BCUT2D eigenvalue weighted by Crippen LogP contribution is -2.11. The Morgan fingerprint density at radius 3 is 2.42 bits per heavy atom. The zero-order valence-electron chi connectivity index (χ0n) is 12.7. The predicted octanol–water partition coefficient (Wildman–Crippen LogP) is 6.81. The zero-order valence-corrected chi connectivity index (χ0v) is 16.7. The van der Waals surface area contributed by atoms with Gasteiger partial charge in [-0.1, -0.05) is 39.7 Å². The maximum absolute atomic E-state index is 12.7. The number of thiophene rings is 1. The van der Waals surface area contributed by atoms with Crippen LogP contribution in [0.3, 0.4) is 0 Å². The molecule has 1 N–H and O–H groups in total. The number of amides is 1. The van der Waals surface area contributed by atoms with Crippen LogP contribution in [-0.4, -0.2) is 12.2 Å². The van der Waals surface area contributed by atoms with E-state index in [-0.39, 0.29) is 5.91 Å². The molecule has 2 nitrogen and oxygen atoms in total. The summed E-state index contributed by atoms with van der Waals surface area (Å²) in [6, 6.07) is 17.1. The molecule has 0 saturated heterocycles. The Balaban J connectivity index is 1.94. The molecule has 3 aromatic rings. The molecular weight excluding hydrogens is 426 g/mol. The molecule has 0 bridgehead atoms. The average molecular weight is 439 g/mol. The Labute approximate surface area is 162 Å². The summed E-state index contributed by atoms with van der Waals surface area (Å²) >= 11 is 12.5. The van der Waals surface area contributed by atoms with E-state index in [4.69, 9.17) is 11.6 Å². The highest BCUT2D eigenvalue weighted by Crippen LogP contribution is 2.37. The molecule has 2 aromatic carbocycles. The molecule has 1 aromatic heterocycles. The molecule has 3 rings (SSSR count). The van der Waals surface area contributed by atoms with Gasteiger partial charge in [-0.15, -0.1) is 23.1 Å². The van der Waals surface area contributed by atoms with Crippen LogP contribution in [0.4, 0.5) is 5.69 Å². The Kier molecular flexibility index (Phi) is 5.66. The summed E-state index contributed by atoms with van der Waals surface area (Å²) in [6.07, 6.45) is 2.01. The first kappa shape index (κ1) is 17.5. The van der Waals surface area contributed by atoms with E-state index < -0.39 is 0 Å². The van der Waals surface area contributed by atoms with Gasteiger partial charge in [-0.3, -0.25) is 4.79 Å². The second kappa shape index (κ2) is 7.74. The van der Waals surface area contributed by atoms with E-state index in [1.165, 1.54) is 11.3 Å². The lowest BCUT2D eigenvalue weighted by atomic mass is 10.1. The summed E-state index contributed by atoms with van der Waals surface area (Å²) in [6.45, 7) is 0. The molecule has 0 aliphatic carbocycles. The first-order chi connectivity index (χ1) is 11.6. The number of nitrogens with one attached hydrogen (secondary N) is 1. The molecule has 0 saturated carbocycles. The van der Waals surface area contributed by atoms with Crippen molar-refractivity contribution >= 4 is 62.2 Å². The van der Waals surface area contributed by atoms with Crippen LogP contribution >= 0.6 is 50.6 Å². The second-order valence-corrected chi connectivity index (χ2v) is 8.49. The van der Waals surface area contributed by atoms with Gasteiger partial charge in [-0.25, -0.2) is 0 Å². The summed E-state index contributed by atoms with van der Waals surface area (Å²) in [5.41, 5.74) is 2.68. The van der Waals surface area contributed by atoms with E-state index in [2.05, 4.69) is 27.3 Å². The van der Waals surface area contributed by atoms with Crippen molar-refractivity contribution in [2.75, 3.05) is 11.6 Å². The number of anilines is 1. The number of hydrogen-bond donors (Lipinski definition) is 1. The fraction of sp³-hybridized carbons (Fsp3) is 0.0556. The van der Waals surface area contributed by atoms with Crippen LogP contribution in [-0.2, 0) is 0 Å². The SMILES string of the molecule is CSc1cc(-c2ccc(Cl)cc2)c(C(=O)Nc2ccc(Br)cc2)s1. The number of carbonyl (C=O) groups is 1. The highest BCUT2D eigenvalue weighted by atomic mass is 79.9. The van der Waals surface area contributed by atoms with E-state index in [1.54, 1.807) is 11.8 Å². The molecule has 1 amide bonds. The van der Waals surface area contributed by atoms with Gasteiger partial charge in [-0.05, 0) is 54.3 Å². The van der Waals surface area contributed by atoms with E-state index in [9.17, 15) is 4.79 Å². The van der Waals surface area contributed by atoms with Crippen molar-refractivity contribution in [1.82, 2.24) is 0 Å². The van der Waals surface area contributed by atoms with E-state index in [0.29, 0.717) is 9.90 Å². The van der Waals surface area contributed by atoms with Crippen LogP contribution < -0.4 is 5.32 Å². The van der Waals surface area contributed by atoms with Crippen molar-refractivity contribution < 1.29 is 4.79 Å². The minimum Gasteiger partial charge on any atom is -0.321 e. The normalized spacial score (nSPS) is 10.6. The smallest absolute Gasteiger partial charge is 0.266 e. The molecule has 122 valence electrons. The van der Waals surface area contributed by atoms with E-state index in [1.807, 2.05) is 54.8 Å². The van der Waals surface area contributed by atoms with Gasteiger partial charge in [0.2, 0.25) is 0 Å². The van der Waals surface area contributed by atoms with Crippen LogP contribution in [0.1, 0.15) is 9.67 Å². The molecule has 0 aliphatic heterocycles. The highest BCUT2D eigenvalue weighted by Gasteiger charge is 2.18. The number of halogens is 2. The van der Waals surface area contributed by atoms with Gasteiger partial charge in [0.05, 0.1) is 4.21 Å². The van der Waals surface area contributed by atoms with Crippen molar-refractivity contribution in [3.8, 4) is 11.1 Å². The minimum atomic E-state index is -0.104. The van der Waals surface area contributed by atoms with Gasteiger partial charge in [0, 0.05) is 20.7 Å². The first-order valence-electron chi connectivity index (χ1n) is 7.07. The molecule has 0 aliphatic rings. The summed E-state index contributed by atoms with van der Waals surface area (Å²) in [4.78, 5) is 13.4. The molecule has 6 heteroatoms. The van der Waals surface area contributed by atoms with E-state index in [0.717, 1.165) is 25.5 Å². The number of rotatable bonds is 4. The van der Waals surface area contributed by atoms with Gasteiger partial charge in [0.25, 0.3) is 5.91 Å². The predicted molar refractivity (Wildman–Crippen MR) is 109 cm³/mol. The molecule has 24 heavy (non-hydrogen) atoms. The summed E-state index contributed by atoms with van der Waals surface area (Å²) in [5, 5.41) is 3.64. The number of benzene rings is 2. The quantitative estimate of drug-likeness (QED) is 0.453. The monoisotopic (exact) mass is 437 g/mol. The molecule has 0 unspecified atom stereocenters. The fourth-order valence-corrected chi connectivity index (χ4v) is 4.22. The van der Waals surface area contributed by atoms with Crippen molar-refractivity contribution in [2.45, 2.75) is 4.21 Å². The van der Waals surface area contributed by atoms with Gasteiger partial charge >= 0.3 is 0 Å². The summed E-state index contributed by atoms with van der Waals surface area (Å²) in [7, 11) is 0. The van der Waals surface area contributed by atoms with Crippen LogP contribution in [0.5, 0.6) is 0 Å².